The maximum absolute atomic E-state index is 14.3. The van der Waals surface area contributed by atoms with Gasteiger partial charge in [0.15, 0.2) is 11.6 Å². The zero-order valence-corrected chi connectivity index (χ0v) is 17.4. The lowest BCUT2D eigenvalue weighted by molar-refractivity contribution is -0.111. The maximum Gasteiger partial charge on any atom is 0.248 e. The summed E-state index contributed by atoms with van der Waals surface area (Å²) in [6.07, 6.45) is 8.23. The van der Waals surface area contributed by atoms with Crippen LogP contribution in [0.2, 0.25) is 0 Å². The first-order chi connectivity index (χ1) is 15.7. The molecule has 1 N–H and O–H groups in total. The second-order valence-electron chi connectivity index (χ2n) is 7.27. The summed E-state index contributed by atoms with van der Waals surface area (Å²) in [5.41, 5.74) is 1.17. The highest BCUT2D eigenvalue weighted by Crippen LogP contribution is 2.25. The molecule has 1 aliphatic rings. The van der Waals surface area contributed by atoms with Crippen molar-refractivity contribution in [1.29, 1.82) is 0 Å². The van der Waals surface area contributed by atoms with Crippen molar-refractivity contribution in [1.82, 2.24) is 4.98 Å². The van der Waals surface area contributed by atoms with Gasteiger partial charge in [-0.25, -0.2) is 4.39 Å². The van der Waals surface area contributed by atoms with Crippen LogP contribution in [0.25, 0.3) is 6.08 Å². The molecule has 1 fully saturated rings. The van der Waals surface area contributed by atoms with E-state index in [9.17, 15) is 9.18 Å². The average Bonchev–Trinajstić information content (AvgIpc) is 3.33. The molecule has 0 aliphatic carbocycles. The molecule has 0 bridgehead atoms. The molecule has 4 rings (SSSR count). The molecule has 1 aliphatic heterocycles. The Kier molecular flexibility index (Phi) is 7.09. The van der Waals surface area contributed by atoms with Crippen LogP contribution in [0.4, 0.5) is 10.1 Å². The van der Waals surface area contributed by atoms with Crippen molar-refractivity contribution in [3.63, 3.8) is 0 Å². The monoisotopic (exact) mass is 434 g/mol. The fraction of sp³-hybridized carbons (Fsp3) is 0.200. The summed E-state index contributed by atoms with van der Waals surface area (Å²) >= 11 is 0. The summed E-state index contributed by atoms with van der Waals surface area (Å²) in [6, 6.07) is 15.0. The molecule has 1 unspecified atom stereocenters. The normalized spacial score (nSPS) is 15.6. The first-order valence-electron chi connectivity index (χ1n) is 10.4. The third kappa shape index (κ3) is 6.15. The molecule has 164 valence electrons. The number of aromatic nitrogens is 1. The predicted molar refractivity (Wildman–Crippen MR) is 119 cm³/mol. The first-order valence-corrected chi connectivity index (χ1v) is 10.4. The van der Waals surface area contributed by atoms with E-state index in [0.717, 1.165) is 25.2 Å². The second-order valence-corrected chi connectivity index (χ2v) is 7.27. The van der Waals surface area contributed by atoms with E-state index in [4.69, 9.17) is 14.2 Å². The van der Waals surface area contributed by atoms with Gasteiger partial charge in [0, 0.05) is 24.6 Å². The fourth-order valence-electron chi connectivity index (χ4n) is 3.19. The fourth-order valence-corrected chi connectivity index (χ4v) is 3.19. The number of pyridine rings is 1. The van der Waals surface area contributed by atoms with Gasteiger partial charge in [0.2, 0.25) is 5.91 Å². The molecule has 1 aromatic heterocycles. The van der Waals surface area contributed by atoms with Crippen LogP contribution in [-0.2, 0) is 9.53 Å². The van der Waals surface area contributed by atoms with E-state index < -0.39 is 5.82 Å². The largest absolute Gasteiger partial charge is 0.491 e. The third-order valence-electron chi connectivity index (χ3n) is 4.83. The third-order valence-corrected chi connectivity index (χ3v) is 4.83. The Morgan fingerprint density at radius 2 is 2.06 bits per heavy atom. The number of carbonyl (C=O) groups excluding carboxylic acids is 1. The van der Waals surface area contributed by atoms with Gasteiger partial charge in [0.25, 0.3) is 0 Å². The van der Waals surface area contributed by atoms with E-state index in [0.29, 0.717) is 23.6 Å². The van der Waals surface area contributed by atoms with Gasteiger partial charge >= 0.3 is 0 Å². The number of nitrogens with one attached hydrogen (secondary N) is 1. The van der Waals surface area contributed by atoms with E-state index in [1.54, 1.807) is 48.7 Å². The Morgan fingerprint density at radius 3 is 2.78 bits per heavy atom. The summed E-state index contributed by atoms with van der Waals surface area (Å²) in [7, 11) is 0. The second kappa shape index (κ2) is 10.5. The molecule has 1 atom stereocenters. The minimum Gasteiger partial charge on any atom is -0.491 e. The lowest BCUT2D eigenvalue weighted by Crippen LogP contribution is -2.16. The highest BCUT2D eigenvalue weighted by molar-refractivity contribution is 6.01. The number of rotatable bonds is 8. The van der Waals surface area contributed by atoms with Crippen molar-refractivity contribution >= 4 is 17.7 Å². The van der Waals surface area contributed by atoms with Gasteiger partial charge in [-0.2, -0.15) is 0 Å². The van der Waals surface area contributed by atoms with Crippen molar-refractivity contribution in [3.05, 3.63) is 84.4 Å². The van der Waals surface area contributed by atoms with Crippen LogP contribution in [-0.4, -0.2) is 30.2 Å². The Labute approximate surface area is 185 Å². The zero-order chi connectivity index (χ0) is 22.2. The highest BCUT2D eigenvalue weighted by Gasteiger charge is 2.15. The Balaban J connectivity index is 1.28. The van der Waals surface area contributed by atoms with Crippen molar-refractivity contribution < 1.29 is 23.4 Å². The summed E-state index contributed by atoms with van der Waals surface area (Å²) in [6.45, 7) is 1.32. The average molecular weight is 434 g/mol. The van der Waals surface area contributed by atoms with Crippen LogP contribution in [0.5, 0.6) is 17.2 Å². The van der Waals surface area contributed by atoms with E-state index in [1.165, 1.54) is 30.5 Å². The predicted octanol–water partition coefficient (Wildman–Crippen LogP) is 5.22. The van der Waals surface area contributed by atoms with Crippen molar-refractivity contribution in [2.24, 2.45) is 0 Å². The maximum atomic E-state index is 14.3. The summed E-state index contributed by atoms with van der Waals surface area (Å²) in [5, 5.41) is 2.76. The summed E-state index contributed by atoms with van der Waals surface area (Å²) in [5.74, 6) is 0.390. The van der Waals surface area contributed by atoms with E-state index in [1.807, 2.05) is 0 Å². The van der Waals surface area contributed by atoms with Gasteiger partial charge in [0.05, 0.1) is 12.3 Å². The van der Waals surface area contributed by atoms with Gasteiger partial charge < -0.3 is 19.5 Å². The molecular weight excluding hydrogens is 411 g/mol. The molecule has 2 aromatic carbocycles. The zero-order valence-electron chi connectivity index (χ0n) is 17.4. The molecular formula is C25H23FN2O4. The van der Waals surface area contributed by atoms with Crippen molar-refractivity contribution in [3.8, 4) is 17.2 Å². The Bertz CT molecular complexity index is 1070. The smallest absolute Gasteiger partial charge is 0.248 e. The van der Waals surface area contributed by atoms with Gasteiger partial charge in [0.1, 0.15) is 18.1 Å². The van der Waals surface area contributed by atoms with E-state index in [2.05, 4.69) is 10.3 Å². The van der Waals surface area contributed by atoms with Crippen LogP contribution in [0.1, 0.15) is 18.4 Å². The molecule has 6 nitrogen and oxygen atoms in total. The molecule has 7 heteroatoms. The van der Waals surface area contributed by atoms with Gasteiger partial charge in [-0.15, -0.1) is 0 Å². The minimum absolute atomic E-state index is 0.0846. The van der Waals surface area contributed by atoms with Crippen LogP contribution in [0, 0.1) is 5.82 Å². The Hall–Kier alpha value is -3.71. The quantitative estimate of drug-likeness (QED) is 0.492. The van der Waals surface area contributed by atoms with Crippen molar-refractivity contribution in [2.75, 3.05) is 18.5 Å². The van der Waals surface area contributed by atoms with Crippen LogP contribution in [0.3, 0.4) is 0 Å². The topological polar surface area (TPSA) is 69.7 Å². The van der Waals surface area contributed by atoms with E-state index in [-0.39, 0.29) is 17.8 Å². The highest BCUT2D eigenvalue weighted by atomic mass is 19.1. The number of hydrogen-bond acceptors (Lipinski definition) is 5. The molecule has 32 heavy (non-hydrogen) atoms. The molecule has 0 spiro atoms. The summed E-state index contributed by atoms with van der Waals surface area (Å²) < 4.78 is 31.0. The lowest BCUT2D eigenvalue weighted by atomic mass is 10.2. The molecule has 1 saturated heterocycles. The van der Waals surface area contributed by atoms with Crippen molar-refractivity contribution in [2.45, 2.75) is 18.9 Å². The number of benzene rings is 2. The van der Waals surface area contributed by atoms with Gasteiger partial charge in [-0.05, 0) is 73.0 Å². The molecule has 1 amide bonds. The molecule has 0 saturated carbocycles. The number of anilines is 1. The molecule has 0 radical (unpaired) electrons. The van der Waals surface area contributed by atoms with Crippen LogP contribution < -0.4 is 14.8 Å². The number of carbonyl (C=O) groups is 1. The number of amides is 1. The minimum atomic E-state index is -0.532. The standard InChI is InChI=1S/C25H23FN2O4/c26-23-15-18(5-11-24(23)32-21-3-1-13-27-16-21)6-12-25(29)28-19-7-9-20(10-8-19)31-17-22-4-2-14-30-22/h1,3,5-13,15-16,22H,2,4,14,17H2,(H,28,29)/b12-6+. The summed E-state index contributed by atoms with van der Waals surface area (Å²) in [4.78, 5) is 16.1. The number of halogens is 1. The van der Waals surface area contributed by atoms with E-state index >= 15 is 0 Å². The lowest BCUT2D eigenvalue weighted by Gasteiger charge is -2.11. The molecule has 2 heterocycles. The number of nitrogens with zero attached hydrogens (tertiary/aromatic N) is 1. The van der Waals surface area contributed by atoms with Crippen LogP contribution in [0.15, 0.2) is 73.1 Å². The SMILES string of the molecule is O=C(/C=C/c1ccc(Oc2cccnc2)c(F)c1)Nc1ccc(OCC2CCCO2)cc1. The number of ether oxygens (including phenoxy) is 3. The van der Waals surface area contributed by atoms with Gasteiger partial charge in [-0.3, -0.25) is 9.78 Å². The first kappa shape index (κ1) is 21.5. The van der Waals surface area contributed by atoms with Crippen LogP contribution >= 0.6 is 0 Å². The van der Waals surface area contributed by atoms with Gasteiger partial charge in [-0.1, -0.05) is 6.07 Å². The molecule has 3 aromatic rings. The number of hydrogen-bond donors (Lipinski definition) is 1. The Morgan fingerprint density at radius 1 is 1.19 bits per heavy atom.